The SMILES string of the molecule is CCC(C)Oc1cc(CCl)cc(C)n1. The monoisotopic (exact) mass is 213 g/mol. The molecule has 0 amide bonds. The number of ether oxygens (including phenoxy) is 1. The molecule has 0 bridgehead atoms. The third-order valence-electron chi connectivity index (χ3n) is 2.04. The van der Waals surface area contributed by atoms with Crippen molar-refractivity contribution in [2.24, 2.45) is 0 Å². The first-order chi connectivity index (χ1) is 6.65. The lowest BCUT2D eigenvalue weighted by Gasteiger charge is -2.12. The van der Waals surface area contributed by atoms with E-state index in [1.165, 1.54) is 0 Å². The third-order valence-corrected chi connectivity index (χ3v) is 2.35. The predicted octanol–water partition coefficient (Wildman–Crippen LogP) is 3.31. The molecule has 0 radical (unpaired) electrons. The lowest BCUT2D eigenvalue weighted by molar-refractivity contribution is 0.208. The Labute approximate surface area is 90.3 Å². The smallest absolute Gasteiger partial charge is 0.214 e. The molecule has 1 aromatic rings. The van der Waals surface area contributed by atoms with E-state index in [1.54, 1.807) is 0 Å². The lowest BCUT2D eigenvalue weighted by atomic mass is 10.2. The maximum Gasteiger partial charge on any atom is 0.214 e. The second-order valence-corrected chi connectivity index (χ2v) is 3.69. The van der Waals surface area contributed by atoms with Gasteiger partial charge >= 0.3 is 0 Å². The Bertz CT molecular complexity index is 301. The summed E-state index contributed by atoms with van der Waals surface area (Å²) in [6.45, 7) is 6.06. The fourth-order valence-electron chi connectivity index (χ4n) is 1.13. The molecule has 0 saturated carbocycles. The van der Waals surface area contributed by atoms with Crippen molar-refractivity contribution in [1.29, 1.82) is 0 Å². The highest BCUT2D eigenvalue weighted by Crippen LogP contribution is 2.15. The molecule has 1 heterocycles. The molecule has 0 saturated heterocycles. The minimum atomic E-state index is 0.201. The number of alkyl halides is 1. The van der Waals surface area contributed by atoms with Crippen LogP contribution in [0.2, 0.25) is 0 Å². The zero-order valence-electron chi connectivity index (χ0n) is 8.88. The predicted molar refractivity (Wildman–Crippen MR) is 58.9 cm³/mol. The zero-order chi connectivity index (χ0) is 10.6. The zero-order valence-corrected chi connectivity index (χ0v) is 9.64. The summed E-state index contributed by atoms with van der Waals surface area (Å²) in [6, 6.07) is 3.86. The third kappa shape index (κ3) is 3.18. The Hall–Kier alpha value is -0.760. The van der Waals surface area contributed by atoms with Gasteiger partial charge < -0.3 is 4.74 Å². The van der Waals surface area contributed by atoms with Crippen LogP contribution in [0.15, 0.2) is 12.1 Å². The molecule has 78 valence electrons. The van der Waals surface area contributed by atoms with Crippen LogP contribution in [0.1, 0.15) is 31.5 Å². The standard InChI is InChI=1S/C11H16ClNO/c1-4-9(3)14-11-6-10(7-12)5-8(2)13-11/h5-6,9H,4,7H2,1-3H3. The number of aromatic nitrogens is 1. The van der Waals surface area contributed by atoms with Crippen molar-refractivity contribution in [2.45, 2.75) is 39.2 Å². The summed E-state index contributed by atoms with van der Waals surface area (Å²) in [4.78, 5) is 4.29. The van der Waals surface area contributed by atoms with Gasteiger partial charge in [0.25, 0.3) is 0 Å². The molecule has 3 heteroatoms. The van der Waals surface area contributed by atoms with Gasteiger partial charge in [-0.25, -0.2) is 4.98 Å². The summed E-state index contributed by atoms with van der Waals surface area (Å²) in [6.07, 6.45) is 1.18. The molecule has 1 atom stereocenters. The van der Waals surface area contributed by atoms with Gasteiger partial charge in [0.1, 0.15) is 0 Å². The molecule has 14 heavy (non-hydrogen) atoms. The summed E-state index contributed by atoms with van der Waals surface area (Å²) in [5, 5.41) is 0. The van der Waals surface area contributed by atoms with E-state index in [-0.39, 0.29) is 6.10 Å². The molecule has 1 unspecified atom stereocenters. The molecule has 0 aliphatic rings. The number of hydrogen-bond donors (Lipinski definition) is 0. The molecular weight excluding hydrogens is 198 g/mol. The Morgan fingerprint density at radius 1 is 1.50 bits per heavy atom. The van der Waals surface area contributed by atoms with Crippen LogP contribution in [0, 0.1) is 6.92 Å². The average molecular weight is 214 g/mol. The Morgan fingerprint density at radius 3 is 2.79 bits per heavy atom. The Balaban J connectivity index is 2.81. The van der Waals surface area contributed by atoms with Gasteiger partial charge in [-0.1, -0.05) is 6.92 Å². The van der Waals surface area contributed by atoms with E-state index in [9.17, 15) is 0 Å². The van der Waals surface area contributed by atoms with E-state index in [0.717, 1.165) is 17.7 Å². The van der Waals surface area contributed by atoms with Crippen molar-refractivity contribution < 1.29 is 4.74 Å². The number of pyridine rings is 1. The fourth-order valence-corrected chi connectivity index (χ4v) is 1.29. The molecule has 0 aromatic carbocycles. The van der Waals surface area contributed by atoms with Crippen LogP contribution in [-0.4, -0.2) is 11.1 Å². The number of nitrogens with zero attached hydrogens (tertiary/aromatic N) is 1. The van der Waals surface area contributed by atoms with Crippen LogP contribution in [0.5, 0.6) is 5.88 Å². The topological polar surface area (TPSA) is 22.1 Å². The average Bonchev–Trinajstić information content (AvgIpc) is 2.16. The quantitative estimate of drug-likeness (QED) is 0.716. The molecule has 1 rings (SSSR count). The second kappa shape index (κ2) is 5.20. The minimum Gasteiger partial charge on any atom is -0.475 e. The first kappa shape index (κ1) is 11.3. The van der Waals surface area contributed by atoms with Gasteiger partial charge in [0.2, 0.25) is 5.88 Å². The van der Waals surface area contributed by atoms with E-state index >= 15 is 0 Å². The number of hydrogen-bond acceptors (Lipinski definition) is 2. The molecule has 0 aliphatic heterocycles. The van der Waals surface area contributed by atoms with Gasteiger partial charge in [-0.3, -0.25) is 0 Å². The Kier molecular flexibility index (Phi) is 4.21. The maximum atomic E-state index is 5.76. The Morgan fingerprint density at radius 2 is 2.21 bits per heavy atom. The van der Waals surface area contributed by atoms with Crippen molar-refractivity contribution in [2.75, 3.05) is 0 Å². The lowest BCUT2D eigenvalue weighted by Crippen LogP contribution is -2.11. The molecule has 0 N–H and O–H groups in total. The van der Waals surface area contributed by atoms with E-state index in [2.05, 4.69) is 11.9 Å². The first-order valence-corrected chi connectivity index (χ1v) is 5.39. The van der Waals surface area contributed by atoms with E-state index < -0.39 is 0 Å². The van der Waals surface area contributed by atoms with Crippen molar-refractivity contribution >= 4 is 11.6 Å². The van der Waals surface area contributed by atoms with Crippen LogP contribution in [0.3, 0.4) is 0 Å². The van der Waals surface area contributed by atoms with Gasteiger partial charge in [-0.2, -0.15) is 0 Å². The van der Waals surface area contributed by atoms with E-state index in [1.807, 2.05) is 26.0 Å². The van der Waals surface area contributed by atoms with Crippen LogP contribution >= 0.6 is 11.6 Å². The molecule has 0 spiro atoms. The summed E-state index contributed by atoms with van der Waals surface area (Å²) in [7, 11) is 0. The van der Waals surface area contributed by atoms with Crippen molar-refractivity contribution in [3.63, 3.8) is 0 Å². The molecule has 1 aromatic heterocycles. The molecular formula is C11H16ClNO. The van der Waals surface area contributed by atoms with Gasteiger partial charge in [-0.05, 0) is 31.9 Å². The maximum absolute atomic E-state index is 5.76. The minimum absolute atomic E-state index is 0.201. The second-order valence-electron chi connectivity index (χ2n) is 3.43. The fraction of sp³-hybridized carbons (Fsp3) is 0.545. The summed E-state index contributed by atoms with van der Waals surface area (Å²) in [5.74, 6) is 1.18. The first-order valence-electron chi connectivity index (χ1n) is 4.86. The molecule has 2 nitrogen and oxygen atoms in total. The molecule has 0 fully saturated rings. The van der Waals surface area contributed by atoms with Crippen molar-refractivity contribution in [3.8, 4) is 5.88 Å². The largest absolute Gasteiger partial charge is 0.475 e. The van der Waals surface area contributed by atoms with Crippen molar-refractivity contribution in [3.05, 3.63) is 23.4 Å². The molecule has 0 aliphatic carbocycles. The van der Waals surface area contributed by atoms with E-state index in [4.69, 9.17) is 16.3 Å². The van der Waals surface area contributed by atoms with Gasteiger partial charge in [0.15, 0.2) is 0 Å². The number of rotatable bonds is 4. The van der Waals surface area contributed by atoms with Crippen LogP contribution in [0.25, 0.3) is 0 Å². The number of aryl methyl sites for hydroxylation is 1. The highest BCUT2D eigenvalue weighted by Gasteiger charge is 2.04. The highest BCUT2D eigenvalue weighted by atomic mass is 35.5. The normalized spacial score (nSPS) is 12.6. The van der Waals surface area contributed by atoms with Crippen molar-refractivity contribution in [1.82, 2.24) is 4.98 Å². The van der Waals surface area contributed by atoms with Gasteiger partial charge in [0.05, 0.1) is 6.10 Å². The van der Waals surface area contributed by atoms with Crippen LogP contribution in [-0.2, 0) is 5.88 Å². The van der Waals surface area contributed by atoms with Gasteiger partial charge in [0, 0.05) is 17.6 Å². The highest BCUT2D eigenvalue weighted by molar-refractivity contribution is 6.17. The number of halogens is 1. The summed E-state index contributed by atoms with van der Waals surface area (Å²) in [5.41, 5.74) is 2.00. The van der Waals surface area contributed by atoms with Gasteiger partial charge in [-0.15, -0.1) is 11.6 Å². The van der Waals surface area contributed by atoms with Crippen LogP contribution < -0.4 is 4.74 Å². The summed E-state index contributed by atoms with van der Waals surface area (Å²) >= 11 is 5.76. The van der Waals surface area contributed by atoms with E-state index in [0.29, 0.717) is 11.8 Å². The summed E-state index contributed by atoms with van der Waals surface area (Å²) < 4.78 is 5.62. The van der Waals surface area contributed by atoms with Crippen LogP contribution in [0.4, 0.5) is 0 Å².